The summed E-state index contributed by atoms with van der Waals surface area (Å²) in [5.74, 6) is 1.27. The quantitative estimate of drug-likeness (QED) is 0.342. The Hall–Kier alpha value is -0.520. The third kappa shape index (κ3) is 6.10. The van der Waals surface area contributed by atoms with Crippen molar-refractivity contribution in [2.45, 2.75) is 24.9 Å². The molecule has 0 atom stereocenters. The normalized spacial score (nSPS) is 10.7. The summed E-state index contributed by atoms with van der Waals surface area (Å²) in [7, 11) is 0. The number of hydrogen-bond donors (Lipinski definition) is 1. The van der Waals surface area contributed by atoms with Crippen molar-refractivity contribution in [1.29, 1.82) is 0 Å². The number of alkyl halides is 1. The fourth-order valence-electron chi connectivity index (χ4n) is 1.29. The lowest BCUT2D eigenvalue weighted by Gasteiger charge is -2.03. The van der Waals surface area contributed by atoms with E-state index in [2.05, 4.69) is 16.9 Å². The van der Waals surface area contributed by atoms with Gasteiger partial charge in [-0.15, -0.1) is 11.6 Å². The Balaban J connectivity index is 2.44. The third-order valence-electron chi connectivity index (χ3n) is 1.97. The number of thioether (sulfide) groups is 1. The Morgan fingerprint density at radius 1 is 1.53 bits per heavy atom. The van der Waals surface area contributed by atoms with Gasteiger partial charge in [0, 0.05) is 23.4 Å². The van der Waals surface area contributed by atoms with E-state index in [0.29, 0.717) is 24.3 Å². The number of aryl methyl sites for hydroxylation is 1. The van der Waals surface area contributed by atoms with Crippen LogP contribution >= 0.6 is 23.4 Å². The van der Waals surface area contributed by atoms with Crippen molar-refractivity contribution in [3.8, 4) is 0 Å². The minimum Gasteiger partial charge on any atom is -0.379 e. The van der Waals surface area contributed by atoms with Crippen molar-refractivity contribution in [2.24, 2.45) is 0 Å². The maximum Gasteiger partial charge on any atom is 0.251 e. The molecule has 0 fully saturated rings. The molecule has 4 nitrogen and oxygen atoms in total. The molecule has 1 rings (SSSR count). The monoisotopic (exact) mass is 276 g/mol. The van der Waals surface area contributed by atoms with Crippen LogP contribution in [0.1, 0.15) is 19.0 Å². The molecule has 0 aliphatic rings. The van der Waals surface area contributed by atoms with Crippen LogP contribution in [-0.2, 0) is 11.2 Å². The molecule has 0 unspecified atom stereocenters. The van der Waals surface area contributed by atoms with E-state index in [1.54, 1.807) is 6.07 Å². The van der Waals surface area contributed by atoms with Crippen molar-refractivity contribution in [3.63, 3.8) is 0 Å². The van der Waals surface area contributed by atoms with E-state index >= 15 is 0 Å². The molecule has 0 radical (unpaired) electrons. The highest BCUT2D eigenvalue weighted by molar-refractivity contribution is 7.99. The van der Waals surface area contributed by atoms with Crippen molar-refractivity contribution in [1.82, 2.24) is 9.97 Å². The smallest absolute Gasteiger partial charge is 0.251 e. The predicted molar refractivity (Wildman–Crippen MR) is 71.1 cm³/mol. The Morgan fingerprint density at radius 3 is 3.06 bits per heavy atom. The molecule has 0 spiro atoms. The molecule has 1 heterocycles. The first kappa shape index (κ1) is 14.5. The van der Waals surface area contributed by atoms with E-state index in [4.69, 9.17) is 16.3 Å². The second-order valence-electron chi connectivity index (χ2n) is 3.44. The topological polar surface area (TPSA) is 55.0 Å². The summed E-state index contributed by atoms with van der Waals surface area (Å²) in [6.45, 7) is 3.23. The molecule has 0 amide bonds. The third-order valence-corrected chi connectivity index (χ3v) is 2.96. The van der Waals surface area contributed by atoms with Gasteiger partial charge in [-0.3, -0.25) is 4.79 Å². The summed E-state index contributed by atoms with van der Waals surface area (Å²) >= 11 is 6.97. The van der Waals surface area contributed by atoms with Gasteiger partial charge in [-0.2, -0.15) is 0 Å². The van der Waals surface area contributed by atoms with Crippen molar-refractivity contribution < 1.29 is 4.74 Å². The van der Waals surface area contributed by atoms with E-state index < -0.39 is 0 Å². The number of nitrogens with zero attached hydrogens (tertiary/aromatic N) is 1. The molecule has 0 aliphatic heterocycles. The van der Waals surface area contributed by atoms with E-state index in [9.17, 15) is 4.79 Å². The fraction of sp³-hybridized carbons (Fsp3) is 0.636. The zero-order valence-electron chi connectivity index (χ0n) is 9.87. The molecular weight excluding hydrogens is 260 g/mol. The minimum atomic E-state index is -0.0902. The van der Waals surface area contributed by atoms with Crippen LogP contribution in [0, 0.1) is 0 Å². The Bertz CT molecular complexity index is 384. The maximum atomic E-state index is 11.4. The first-order chi connectivity index (χ1) is 8.26. The van der Waals surface area contributed by atoms with Crippen molar-refractivity contribution in [2.75, 3.05) is 24.8 Å². The first-order valence-corrected chi connectivity index (χ1v) is 7.15. The SMILES string of the molecule is CCCc1cc(=O)[nH]c(SCCOCCCl)n1. The molecular formula is C11H17ClN2O2S. The summed E-state index contributed by atoms with van der Waals surface area (Å²) in [4.78, 5) is 18.4. The van der Waals surface area contributed by atoms with Crippen molar-refractivity contribution >= 4 is 23.4 Å². The van der Waals surface area contributed by atoms with Gasteiger partial charge in [0.2, 0.25) is 0 Å². The largest absolute Gasteiger partial charge is 0.379 e. The number of halogens is 1. The van der Waals surface area contributed by atoms with Crippen LogP contribution in [0.3, 0.4) is 0 Å². The molecule has 1 aromatic heterocycles. The molecule has 0 aliphatic carbocycles. The summed E-state index contributed by atoms with van der Waals surface area (Å²) in [6.07, 6.45) is 1.82. The summed E-state index contributed by atoms with van der Waals surface area (Å²) in [5, 5.41) is 0.662. The Labute approximate surface area is 110 Å². The van der Waals surface area contributed by atoms with Gasteiger partial charge in [0.15, 0.2) is 5.16 Å². The number of nitrogens with one attached hydrogen (secondary N) is 1. The lowest BCUT2D eigenvalue weighted by Crippen LogP contribution is -2.10. The van der Waals surface area contributed by atoms with Crippen LogP contribution < -0.4 is 5.56 Å². The van der Waals surface area contributed by atoms with E-state index in [0.717, 1.165) is 24.3 Å². The van der Waals surface area contributed by atoms with Gasteiger partial charge in [0.25, 0.3) is 5.56 Å². The molecule has 6 heteroatoms. The molecule has 17 heavy (non-hydrogen) atoms. The molecule has 0 saturated carbocycles. The molecule has 0 saturated heterocycles. The molecule has 0 bridgehead atoms. The van der Waals surface area contributed by atoms with Gasteiger partial charge in [-0.25, -0.2) is 4.98 Å². The Morgan fingerprint density at radius 2 is 2.35 bits per heavy atom. The molecule has 0 aromatic carbocycles. The Kier molecular flexibility index (Phi) is 7.32. The number of hydrogen-bond acceptors (Lipinski definition) is 4. The zero-order valence-corrected chi connectivity index (χ0v) is 11.4. The second kappa shape index (κ2) is 8.55. The lowest BCUT2D eigenvalue weighted by atomic mass is 10.2. The molecule has 1 aromatic rings. The van der Waals surface area contributed by atoms with Crippen LogP contribution in [0.2, 0.25) is 0 Å². The highest BCUT2D eigenvalue weighted by atomic mass is 35.5. The van der Waals surface area contributed by atoms with Crippen LogP contribution in [0.15, 0.2) is 16.0 Å². The number of H-pyrrole nitrogens is 1. The first-order valence-electron chi connectivity index (χ1n) is 5.63. The van der Waals surface area contributed by atoms with Gasteiger partial charge in [0.1, 0.15) is 0 Å². The minimum absolute atomic E-state index is 0.0902. The number of rotatable bonds is 8. The summed E-state index contributed by atoms with van der Waals surface area (Å²) < 4.78 is 5.24. The lowest BCUT2D eigenvalue weighted by molar-refractivity contribution is 0.166. The summed E-state index contributed by atoms with van der Waals surface area (Å²) in [6, 6.07) is 1.55. The molecule has 96 valence electrons. The second-order valence-corrected chi connectivity index (χ2v) is 4.90. The van der Waals surface area contributed by atoms with Crippen LogP contribution in [0.25, 0.3) is 0 Å². The highest BCUT2D eigenvalue weighted by Gasteiger charge is 2.01. The maximum absolute atomic E-state index is 11.4. The highest BCUT2D eigenvalue weighted by Crippen LogP contribution is 2.11. The predicted octanol–water partition coefficient (Wildman–Crippen LogP) is 2.07. The number of aromatic amines is 1. The zero-order chi connectivity index (χ0) is 12.5. The van der Waals surface area contributed by atoms with Gasteiger partial charge < -0.3 is 9.72 Å². The van der Waals surface area contributed by atoms with E-state index in [1.165, 1.54) is 11.8 Å². The van der Waals surface area contributed by atoms with Gasteiger partial charge in [-0.05, 0) is 6.42 Å². The van der Waals surface area contributed by atoms with Crippen LogP contribution in [-0.4, -0.2) is 34.8 Å². The number of aromatic nitrogens is 2. The van der Waals surface area contributed by atoms with Gasteiger partial charge in [-0.1, -0.05) is 25.1 Å². The van der Waals surface area contributed by atoms with Gasteiger partial charge in [0.05, 0.1) is 13.2 Å². The number of ether oxygens (including phenoxy) is 1. The standard InChI is InChI=1S/C11H17ClN2O2S/c1-2-3-9-8-10(15)14-11(13-9)17-7-6-16-5-4-12/h8H,2-7H2,1H3,(H,13,14,15). The van der Waals surface area contributed by atoms with Gasteiger partial charge >= 0.3 is 0 Å². The molecule has 1 N–H and O–H groups in total. The van der Waals surface area contributed by atoms with Crippen LogP contribution in [0.5, 0.6) is 0 Å². The summed E-state index contributed by atoms with van der Waals surface area (Å²) in [5.41, 5.74) is 0.757. The fourth-order valence-corrected chi connectivity index (χ4v) is 2.15. The van der Waals surface area contributed by atoms with Crippen molar-refractivity contribution in [3.05, 3.63) is 22.1 Å². The van der Waals surface area contributed by atoms with E-state index in [1.807, 2.05) is 0 Å². The average molecular weight is 277 g/mol. The van der Waals surface area contributed by atoms with E-state index in [-0.39, 0.29) is 5.56 Å². The van der Waals surface area contributed by atoms with Crippen LogP contribution in [0.4, 0.5) is 0 Å². The average Bonchev–Trinajstić information content (AvgIpc) is 2.28.